The lowest BCUT2D eigenvalue weighted by molar-refractivity contribution is -0.187. The summed E-state index contributed by atoms with van der Waals surface area (Å²) in [6.07, 6.45) is -1.68. The number of nitrogens with zero attached hydrogens (tertiary/aromatic N) is 1. The fraction of sp³-hybridized carbons (Fsp3) is 0.933. The minimum absolute atomic E-state index is 0.0758. The van der Waals surface area contributed by atoms with Crippen molar-refractivity contribution in [1.29, 1.82) is 0 Å². The zero-order valence-electron chi connectivity index (χ0n) is 12.9. The van der Waals surface area contributed by atoms with Gasteiger partial charge in [-0.25, -0.2) is 0 Å². The van der Waals surface area contributed by atoms with Crippen molar-refractivity contribution in [2.24, 2.45) is 17.6 Å². The summed E-state index contributed by atoms with van der Waals surface area (Å²) in [6.45, 7) is 0.841. The van der Waals surface area contributed by atoms with Crippen LogP contribution in [-0.2, 0) is 9.53 Å². The maximum Gasteiger partial charge on any atom is 0.391 e. The van der Waals surface area contributed by atoms with E-state index in [-0.39, 0.29) is 30.9 Å². The number of hydrogen-bond acceptors (Lipinski definition) is 3. The van der Waals surface area contributed by atoms with Crippen molar-refractivity contribution < 1.29 is 22.7 Å². The topological polar surface area (TPSA) is 55.6 Å². The second-order valence-corrected chi connectivity index (χ2v) is 6.41. The lowest BCUT2D eigenvalue weighted by Gasteiger charge is -2.41. The number of nitrogens with two attached hydrogens (primary N) is 1. The fourth-order valence-electron chi connectivity index (χ4n) is 3.69. The number of amides is 1. The van der Waals surface area contributed by atoms with E-state index >= 15 is 0 Å². The van der Waals surface area contributed by atoms with Gasteiger partial charge >= 0.3 is 6.18 Å². The van der Waals surface area contributed by atoms with Crippen molar-refractivity contribution in [2.45, 2.75) is 56.8 Å². The second kappa shape index (κ2) is 7.17. The summed E-state index contributed by atoms with van der Waals surface area (Å²) in [7, 11) is 1.63. The molecule has 7 heteroatoms. The summed E-state index contributed by atoms with van der Waals surface area (Å²) in [5.74, 6) is -2.02. The summed E-state index contributed by atoms with van der Waals surface area (Å²) in [5, 5.41) is 0. The molecule has 0 spiro atoms. The van der Waals surface area contributed by atoms with Crippen LogP contribution in [0.5, 0.6) is 0 Å². The number of piperidine rings is 1. The predicted octanol–water partition coefficient (Wildman–Crippen LogP) is 2.32. The van der Waals surface area contributed by atoms with Crippen LogP contribution >= 0.6 is 0 Å². The quantitative estimate of drug-likeness (QED) is 0.867. The van der Waals surface area contributed by atoms with Crippen LogP contribution < -0.4 is 5.73 Å². The Bertz CT molecular complexity index is 389. The summed E-state index contributed by atoms with van der Waals surface area (Å²) in [4.78, 5) is 14.3. The molecule has 1 amide bonds. The first-order valence-corrected chi connectivity index (χ1v) is 7.96. The molecule has 2 N–H and O–H groups in total. The summed E-state index contributed by atoms with van der Waals surface area (Å²) < 4.78 is 44.0. The Morgan fingerprint density at radius 1 is 1.27 bits per heavy atom. The Morgan fingerprint density at radius 3 is 2.59 bits per heavy atom. The Morgan fingerprint density at radius 2 is 2.00 bits per heavy atom. The molecule has 0 aromatic heterocycles. The maximum absolute atomic E-state index is 12.9. The normalized spacial score (nSPS) is 33.8. The molecule has 0 aromatic carbocycles. The van der Waals surface area contributed by atoms with Gasteiger partial charge in [-0.1, -0.05) is 6.42 Å². The summed E-state index contributed by atoms with van der Waals surface area (Å²) in [5.41, 5.74) is 5.75. The van der Waals surface area contributed by atoms with Gasteiger partial charge in [-0.3, -0.25) is 4.79 Å². The lowest BCUT2D eigenvalue weighted by atomic mass is 9.80. The molecule has 0 radical (unpaired) electrons. The Labute approximate surface area is 129 Å². The molecule has 4 atom stereocenters. The van der Waals surface area contributed by atoms with E-state index < -0.39 is 18.0 Å². The zero-order chi connectivity index (χ0) is 16.3. The van der Waals surface area contributed by atoms with Crippen molar-refractivity contribution >= 4 is 5.91 Å². The summed E-state index contributed by atoms with van der Waals surface area (Å²) >= 11 is 0. The Hall–Kier alpha value is -0.820. The highest BCUT2D eigenvalue weighted by Gasteiger charge is 2.45. The molecule has 2 aliphatic rings. The van der Waals surface area contributed by atoms with Crippen LogP contribution in [0.1, 0.15) is 38.5 Å². The third kappa shape index (κ3) is 3.93. The van der Waals surface area contributed by atoms with E-state index in [0.717, 1.165) is 0 Å². The number of likely N-dealkylation sites (tertiary alicyclic amines) is 1. The molecule has 4 unspecified atom stereocenters. The van der Waals surface area contributed by atoms with Crippen molar-refractivity contribution in [3.63, 3.8) is 0 Å². The number of halogens is 3. The molecule has 128 valence electrons. The van der Waals surface area contributed by atoms with Crippen molar-refractivity contribution in [1.82, 2.24) is 4.90 Å². The zero-order valence-corrected chi connectivity index (χ0v) is 12.9. The number of ether oxygens (including phenoxy) is 1. The van der Waals surface area contributed by atoms with E-state index in [4.69, 9.17) is 10.5 Å². The average Bonchev–Trinajstić information content (AvgIpc) is 2.52. The van der Waals surface area contributed by atoms with Crippen molar-refractivity contribution in [3.05, 3.63) is 0 Å². The van der Waals surface area contributed by atoms with E-state index in [9.17, 15) is 18.0 Å². The van der Waals surface area contributed by atoms with Crippen LogP contribution in [0.3, 0.4) is 0 Å². The first kappa shape index (κ1) is 17.5. The van der Waals surface area contributed by atoms with E-state index in [1.54, 1.807) is 12.0 Å². The number of alkyl halides is 3. The SMILES string of the molecule is COC1CCN(C(=O)C2CCCC(C(F)(F)F)C2)C(CN)C1. The Balaban J connectivity index is 2.01. The van der Waals surface area contributed by atoms with Gasteiger partial charge in [-0.15, -0.1) is 0 Å². The molecule has 1 heterocycles. The molecule has 4 nitrogen and oxygen atoms in total. The van der Waals surface area contributed by atoms with Gasteiger partial charge in [0.15, 0.2) is 0 Å². The highest BCUT2D eigenvalue weighted by molar-refractivity contribution is 5.79. The molecule has 1 saturated carbocycles. The largest absolute Gasteiger partial charge is 0.391 e. The van der Waals surface area contributed by atoms with E-state index in [1.165, 1.54) is 0 Å². The highest BCUT2D eigenvalue weighted by Crippen LogP contribution is 2.40. The molecule has 22 heavy (non-hydrogen) atoms. The first-order chi connectivity index (χ1) is 10.4. The van der Waals surface area contributed by atoms with E-state index in [2.05, 4.69) is 0 Å². The van der Waals surface area contributed by atoms with Crippen LogP contribution in [-0.4, -0.2) is 49.3 Å². The fourth-order valence-corrected chi connectivity index (χ4v) is 3.69. The van der Waals surface area contributed by atoms with Gasteiger partial charge in [-0.05, 0) is 32.1 Å². The Kier molecular flexibility index (Phi) is 5.71. The minimum Gasteiger partial charge on any atom is -0.381 e. The standard InChI is InChI=1S/C15H25F3N2O2/c1-22-13-5-6-20(12(8-13)9-19)14(21)10-3-2-4-11(7-10)15(16,17)18/h10-13H,2-9,19H2,1H3. The summed E-state index contributed by atoms with van der Waals surface area (Å²) in [6, 6.07) is -0.127. The van der Waals surface area contributed by atoms with Gasteiger partial charge in [0.1, 0.15) is 0 Å². The van der Waals surface area contributed by atoms with Crippen LogP contribution in [0, 0.1) is 11.8 Å². The second-order valence-electron chi connectivity index (χ2n) is 6.41. The van der Waals surface area contributed by atoms with Gasteiger partial charge in [0.05, 0.1) is 12.0 Å². The average molecular weight is 322 g/mol. The van der Waals surface area contributed by atoms with E-state index in [1.807, 2.05) is 0 Å². The molecule has 0 aromatic rings. The molecule has 1 saturated heterocycles. The predicted molar refractivity (Wildman–Crippen MR) is 76.1 cm³/mol. The number of carbonyl (C=O) groups excluding carboxylic acids is 1. The minimum atomic E-state index is -4.20. The smallest absolute Gasteiger partial charge is 0.381 e. The van der Waals surface area contributed by atoms with Gasteiger partial charge in [-0.2, -0.15) is 13.2 Å². The van der Waals surface area contributed by atoms with Crippen LogP contribution in [0.25, 0.3) is 0 Å². The molecule has 2 rings (SSSR count). The third-order valence-corrected chi connectivity index (χ3v) is 5.04. The van der Waals surface area contributed by atoms with Crippen LogP contribution in [0.4, 0.5) is 13.2 Å². The number of rotatable bonds is 3. The van der Waals surface area contributed by atoms with Gasteiger partial charge < -0.3 is 15.4 Å². The number of methoxy groups -OCH3 is 1. The first-order valence-electron chi connectivity index (χ1n) is 7.96. The molecule has 2 fully saturated rings. The lowest BCUT2D eigenvalue weighted by Crippen LogP contribution is -2.53. The van der Waals surface area contributed by atoms with Crippen molar-refractivity contribution in [3.8, 4) is 0 Å². The monoisotopic (exact) mass is 322 g/mol. The van der Waals surface area contributed by atoms with E-state index in [0.29, 0.717) is 38.8 Å². The number of carbonyl (C=O) groups is 1. The van der Waals surface area contributed by atoms with Crippen molar-refractivity contribution in [2.75, 3.05) is 20.2 Å². The van der Waals surface area contributed by atoms with Gasteiger partial charge in [0.2, 0.25) is 5.91 Å². The number of hydrogen-bond donors (Lipinski definition) is 1. The molecular formula is C15H25F3N2O2. The third-order valence-electron chi connectivity index (χ3n) is 5.04. The molecule has 1 aliphatic heterocycles. The highest BCUT2D eigenvalue weighted by atomic mass is 19.4. The molecule has 1 aliphatic carbocycles. The molecular weight excluding hydrogens is 297 g/mol. The maximum atomic E-state index is 12.9. The van der Waals surface area contributed by atoms with Gasteiger partial charge in [0.25, 0.3) is 0 Å². The van der Waals surface area contributed by atoms with Crippen LogP contribution in [0.2, 0.25) is 0 Å². The van der Waals surface area contributed by atoms with Crippen LogP contribution in [0.15, 0.2) is 0 Å². The van der Waals surface area contributed by atoms with Gasteiger partial charge in [0, 0.05) is 32.2 Å². The molecule has 0 bridgehead atoms.